The second kappa shape index (κ2) is 15.3. The number of piperidine rings is 1. The lowest BCUT2D eigenvalue weighted by Crippen LogP contribution is -2.49. The Morgan fingerprint density at radius 2 is 1.96 bits per heavy atom. The number of nitrogens with one attached hydrogen (secondary N) is 2. The van der Waals surface area contributed by atoms with Crippen molar-refractivity contribution in [3.8, 4) is 0 Å². The Balaban J connectivity index is 0.00000625. The number of hydrogen-bond donors (Lipinski definition) is 2. The lowest BCUT2D eigenvalue weighted by Gasteiger charge is -2.32. The molecule has 2 N–H and O–H groups in total. The number of aliphatic imine (C=N–C) groups is 1. The average Bonchev–Trinajstić information content (AvgIpc) is 2.58. The van der Waals surface area contributed by atoms with Crippen molar-refractivity contribution < 1.29 is 14.3 Å². The molecule has 1 aliphatic rings. The second-order valence-corrected chi connectivity index (χ2v) is 6.69. The van der Waals surface area contributed by atoms with E-state index in [0.29, 0.717) is 18.6 Å². The Morgan fingerprint density at radius 3 is 2.54 bits per heavy atom. The van der Waals surface area contributed by atoms with Gasteiger partial charge in [-0.1, -0.05) is 13.8 Å². The second-order valence-electron chi connectivity index (χ2n) is 6.69. The third-order valence-electron chi connectivity index (χ3n) is 3.87. The van der Waals surface area contributed by atoms with Crippen LogP contribution in [0.3, 0.4) is 0 Å². The monoisotopic (exact) mass is 484 g/mol. The van der Waals surface area contributed by atoms with Gasteiger partial charge in [-0.2, -0.15) is 0 Å². The first-order chi connectivity index (χ1) is 12.1. The number of nitrogens with zero attached hydrogens (tertiary/aromatic N) is 2. The van der Waals surface area contributed by atoms with E-state index in [4.69, 9.17) is 9.47 Å². The fraction of sp³-hybridized carbons (Fsp3) is 0.889. The average molecular weight is 484 g/mol. The number of amides is 1. The van der Waals surface area contributed by atoms with Crippen molar-refractivity contribution in [2.24, 2.45) is 10.9 Å². The molecule has 0 saturated carbocycles. The molecule has 0 bridgehead atoms. The zero-order valence-electron chi connectivity index (χ0n) is 16.8. The highest BCUT2D eigenvalue weighted by molar-refractivity contribution is 14.0. The number of carbonyl (C=O) groups excluding carboxylic acids is 1. The molecule has 7 nitrogen and oxygen atoms in total. The molecule has 0 aromatic heterocycles. The molecule has 0 aliphatic carbocycles. The third-order valence-corrected chi connectivity index (χ3v) is 3.87. The molecule has 8 heteroatoms. The topological polar surface area (TPSA) is 75.2 Å². The van der Waals surface area contributed by atoms with Crippen LogP contribution in [0.1, 0.15) is 47.0 Å². The normalized spacial score (nSPS) is 15.6. The Hall–Kier alpha value is -0.770. The molecule has 0 unspecified atom stereocenters. The summed E-state index contributed by atoms with van der Waals surface area (Å²) in [7, 11) is 0. The van der Waals surface area contributed by atoms with Gasteiger partial charge < -0.3 is 25.0 Å². The summed E-state index contributed by atoms with van der Waals surface area (Å²) < 4.78 is 10.6. The van der Waals surface area contributed by atoms with E-state index in [-0.39, 0.29) is 30.1 Å². The summed E-state index contributed by atoms with van der Waals surface area (Å²) in [4.78, 5) is 18.1. The molecule has 1 fully saturated rings. The highest BCUT2D eigenvalue weighted by Gasteiger charge is 2.23. The van der Waals surface area contributed by atoms with Crippen molar-refractivity contribution in [3.05, 3.63) is 0 Å². The Bertz CT molecular complexity index is 400. The van der Waals surface area contributed by atoms with Crippen LogP contribution in [0.25, 0.3) is 0 Å². The summed E-state index contributed by atoms with van der Waals surface area (Å²) in [5, 5.41) is 6.76. The molecular weight excluding hydrogens is 447 g/mol. The molecule has 26 heavy (non-hydrogen) atoms. The van der Waals surface area contributed by atoms with Crippen LogP contribution in [0.5, 0.6) is 0 Å². The number of halogens is 1. The first-order valence-electron chi connectivity index (χ1n) is 9.61. The lowest BCUT2D eigenvalue weighted by atomic mass is 10.1. The van der Waals surface area contributed by atoms with E-state index in [1.807, 2.05) is 6.92 Å². The van der Waals surface area contributed by atoms with Crippen molar-refractivity contribution in [1.29, 1.82) is 0 Å². The van der Waals surface area contributed by atoms with E-state index in [0.717, 1.165) is 64.6 Å². The fourth-order valence-corrected chi connectivity index (χ4v) is 2.61. The van der Waals surface area contributed by atoms with E-state index in [1.165, 1.54) is 0 Å². The number of carbonyl (C=O) groups is 1. The fourth-order valence-electron chi connectivity index (χ4n) is 2.61. The van der Waals surface area contributed by atoms with Gasteiger partial charge in [0.1, 0.15) is 0 Å². The van der Waals surface area contributed by atoms with Crippen molar-refractivity contribution in [2.75, 3.05) is 46.0 Å². The minimum absolute atomic E-state index is 0. The van der Waals surface area contributed by atoms with Crippen LogP contribution < -0.4 is 10.6 Å². The minimum atomic E-state index is -0.206. The molecule has 154 valence electrons. The zero-order chi connectivity index (χ0) is 18.5. The van der Waals surface area contributed by atoms with Crippen LogP contribution in [0.4, 0.5) is 4.79 Å². The third kappa shape index (κ3) is 11.1. The predicted molar refractivity (Wildman–Crippen MR) is 116 cm³/mol. The van der Waals surface area contributed by atoms with Crippen molar-refractivity contribution in [2.45, 2.75) is 53.0 Å². The number of ether oxygens (including phenoxy) is 2. The molecule has 0 spiro atoms. The van der Waals surface area contributed by atoms with E-state index in [2.05, 4.69) is 36.4 Å². The minimum Gasteiger partial charge on any atom is -0.450 e. The van der Waals surface area contributed by atoms with Gasteiger partial charge in [-0.3, -0.25) is 4.99 Å². The van der Waals surface area contributed by atoms with Gasteiger partial charge in [0.2, 0.25) is 0 Å². The Morgan fingerprint density at radius 1 is 1.27 bits per heavy atom. The summed E-state index contributed by atoms with van der Waals surface area (Å²) in [6.45, 7) is 13.2. The molecule has 0 atom stereocenters. The van der Waals surface area contributed by atoms with Gasteiger partial charge in [0, 0.05) is 45.4 Å². The summed E-state index contributed by atoms with van der Waals surface area (Å²) in [5.41, 5.74) is 0. The summed E-state index contributed by atoms with van der Waals surface area (Å²) in [6, 6.07) is 0.334. The van der Waals surface area contributed by atoms with Gasteiger partial charge in [0.15, 0.2) is 5.96 Å². The van der Waals surface area contributed by atoms with E-state index < -0.39 is 0 Å². The van der Waals surface area contributed by atoms with E-state index in [9.17, 15) is 4.79 Å². The molecule has 0 aromatic carbocycles. The van der Waals surface area contributed by atoms with Crippen molar-refractivity contribution in [3.63, 3.8) is 0 Å². The Kier molecular flexibility index (Phi) is 14.9. The molecule has 0 radical (unpaired) electrons. The molecule has 1 amide bonds. The van der Waals surface area contributed by atoms with Crippen LogP contribution in [-0.4, -0.2) is 69.0 Å². The highest BCUT2D eigenvalue weighted by atomic mass is 127. The van der Waals surface area contributed by atoms with E-state index in [1.54, 1.807) is 4.90 Å². The van der Waals surface area contributed by atoms with Crippen LogP contribution in [-0.2, 0) is 9.47 Å². The Labute approximate surface area is 175 Å². The first-order valence-corrected chi connectivity index (χ1v) is 9.61. The molecule has 1 heterocycles. The van der Waals surface area contributed by atoms with Gasteiger partial charge in [0.05, 0.1) is 6.61 Å². The van der Waals surface area contributed by atoms with Crippen LogP contribution in [0, 0.1) is 5.92 Å². The lowest BCUT2D eigenvalue weighted by molar-refractivity contribution is 0.0963. The SMILES string of the molecule is CCNC(=NCCCOCC(C)C)NC1CCN(C(=O)OCC)CC1.I. The smallest absolute Gasteiger partial charge is 0.409 e. The first kappa shape index (κ1) is 25.2. The number of hydrogen-bond acceptors (Lipinski definition) is 4. The largest absolute Gasteiger partial charge is 0.450 e. The quantitative estimate of drug-likeness (QED) is 0.228. The zero-order valence-corrected chi connectivity index (χ0v) is 19.1. The standard InChI is InChI=1S/C18H36N4O3.HI/c1-5-19-17(20-10-7-13-24-14-15(3)4)21-16-8-11-22(12-9-16)18(23)25-6-2;/h15-16H,5-14H2,1-4H3,(H2,19,20,21);1H. The summed E-state index contributed by atoms with van der Waals surface area (Å²) in [5.74, 6) is 1.42. The van der Waals surface area contributed by atoms with Gasteiger partial charge in [-0.25, -0.2) is 4.79 Å². The maximum atomic E-state index is 11.7. The van der Waals surface area contributed by atoms with Gasteiger partial charge in [-0.15, -0.1) is 24.0 Å². The van der Waals surface area contributed by atoms with Gasteiger partial charge in [-0.05, 0) is 39.0 Å². The molecular formula is C18H37IN4O3. The maximum absolute atomic E-state index is 11.7. The molecule has 1 aliphatic heterocycles. The highest BCUT2D eigenvalue weighted by Crippen LogP contribution is 2.11. The van der Waals surface area contributed by atoms with Crippen molar-refractivity contribution >= 4 is 36.0 Å². The van der Waals surface area contributed by atoms with Crippen LogP contribution >= 0.6 is 24.0 Å². The molecule has 1 saturated heterocycles. The number of likely N-dealkylation sites (tertiary alicyclic amines) is 1. The van der Waals surface area contributed by atoms with Gasteiger partial charge in [0.25, 0.3) is 0 Å². The summed E-state index contributed by atoms with van der Waals surface area (Å²) in [6.07, 6.45) is 2.52. The molecule has 1 rings (SSSR count). The predicted octanol–water partition coefficient (Wildman–Crippen LogP) is 2.84. The van der Waals surface area contributed by atoms with E-state index >= 15 is 0 Å². The van der Waals surface area contributed by atoms with Gasteiger partial charge >= 0.3 is 6.09 Å². The summed E-state index contributed by atoms with van der Waals surface area (Å²) >= 11 is 0. The van der Waals surface area contributed by atoms with Crippen molar-refractivity contribution in [1.82, 2.24) is 15.5 Å². The van der Waals surface area contributed by atoms with Crippen LogP contribution in [0.2, 0.25) is 0 Å². The number of rotatable bonds is 9. The molecule has 0 aromatic rings. The maximum Gasteiger partial charge on any atom is 0.409 e. The van der Waals surface area contributed by atoms with Crippen LogP contribution in [0.15, 0.2) is 4.99 Å². The number of guanidine groups is 1.